The molecular formula is C38H59BrO18. The van der Waals surface area contributed by atoms with E-state index in [1.807, 2.05) is 0 Å². The van der Waals surface area contributed by atoms with E-state index < -0.39 is 116 Å². The van der Waals surface area contributed by atoms with Gasteiger partial charge in [-0.15, -0.1) is 0 Å². The highest BCUT2D eigenvalue weighted by Gasteiger charge is 2.57. The standard InChI is InChI=1S/C38H59BrO18/c1-22(40)48-20-29-31(50-24(3)42)33(51-25(4)43)36(54-28(7)46)38(56-29)57-32-30(21-49-23(2)41)55-37(35(53-27(6)45)34(32)52-26(5)44)47-19-17-15-13-11-9-8-10-12-14-16-18-39/h29-38H,8-21H2,1-7H3/t29-,30-,31-,32-,33+,34+,35-,36-,37-,38-/m1/s1. The second-order valence-corrected chi connectivity index (χ2v) is 14.6. The van der Waals surface area contributed by atoms with E-state index in [1.165, 1.54) is 32.1 Å². The average molecular weight is 884 g/mol. The van der Waals surface area contributed by atoms with Gasteiger partial charge in [0.15, 0.2) is 43.1 Å². The molecule has 326 valence electrons. The van der Waals surface area contributed by atoms with E-state index in [1.54, 1.807) is 0 Å². The predicted molar refractivity (Wildman–Crippen MR) is 199 cm³/mol. The van der Waals surface area contributed by atoms with Crippen LogP contribution in [-0.4, -0.2) is 128 Å². The van der Waals surface area contributed by atoms with Crippen LogP contribution in [0.1, 0.15) is 113 Å². The van der Waals surface area contributed by atoms with E-state index in [0.717, 1.165) is 79.5 Å². The Morgan fingerprint density at radius 2 is 0.772 bits per heavy atom. The molecule has 2 rings (SSSR count). The number of carbonyl (C=O) groups is 7. The number of alkyl halides is 1. The number of hydrogen-bond donors (Lipinski definition) is 0. The van der Waals surface area contributed by atoms with Gasteiger partial charge in [0.1, 0.15) is 31.5 Å². The summed E-state index contributed by atoms with van der Waals surface area (Å²) in [4.78, 5) is 86.0. The van der Waals surface area contributed by atoms with Crippen molar-refractivity contribution in [3.63, 3.8) is 0 Å². The van der Waals surface area contributed by atoms with Gasteiger partial charge in [-0.25, -0.2) is 0 Å². The van der Waals surface area contributed by atoms with E-state index in [0.29, 0.717) is 6.42 Å². The number of esters is 7. The van der Waals surface area contributed by atoms with E-state index in [-0.39, 0.29) is 6.61 Å². The first-order chi connectivity index (χ1) is 27.0. The van der Waals surface area contributed by atoms with Crippen LogP contribution >= 0.6 is 15.9 Å². The Balaban J connectivity index is 2.45. The minimum Gasteiger partial charge on any atom is -0.463 e. The van der Waals surface area contributed by atoms with Crippen molar-refractivity contribution in [3.8, 4) is 0 Å². The fourth-order valence-corrected chi connectivity index (χ4v) is 6.81. The molecule has 57 heavy (non-hydrogen) atoms. The number of hydrogen-bond acceptors (Lipinski definition) is 18. The number of halogens is 1. The summed E-state index contributed by atoms with van der Waals surface area (Å²) in [6.07, 6.45) is -4.32. The Kier molecular flexibility index (Phi) is 23.2. The van der Waals surface area contributed by atoms with Gasteiger partial charge in [-0.1, -0.05) is 67.3 Å². The molecule has 0 N–H and O–H groups in total. The van der Waals surface area contributed by atoms with Gasteiger partial charge in [0, 0.05) is 60.4 Å². The molecule has 0 radical (unpaired) electrons. The molecule has 0 unspecified atom stereocenters. The molecule has 0 aromatic carbocycles. The van der Waals surface area contributed by atoms with Crippen LogP contribution in [0.5, 0.6) is 0 Å². The Bertz CT molecular complexity index is 1310. The minimum absolute atomic E-state index is 0.174. The van der Waals surface area contributed by atoms with Crippen molar-refractivity contribution in [1.29, 1.82) is 0 Å². The first kappa shape index (κ1) is 49.8. The highest BCUT2D eigenvalue weighted by molar-refractivity contribution is 9.09. The molecule has 10 atom stereocenters. The average Bonchev–Trinajstić information content (AvgIpc) is 3.10. The third-order valence-electron chi connectivity index (χ3n) is 8.70. The normalized spacial score (nSPS) is 27.0. The summed E-state index contributed by atoms with van der Waals surface area (Å²) in [7, 11) is 0. The molecule has 0 aliphatic carbocycles. The molecule has 0 aromatic rings. The highest BCUT2D eigenvalue weighted by Crippen LogP contribution is 2.35. The quantitative estimate of drug-likeness (QED) is 0.0580. The number of unbranched alkanes of at least 4 members (excludes halogenated alkanes) is 9. The third-order valence-corrected chi connectivity index (χ3v) is 9.26. The number of carbonyl (C=O) groups excluding carboxylic acids is 7. The van der Waals surface area contributed by atoms with E-state index in [4.69, 9.17) is 52.1 Å². The smallest absolute Gasteiger partial charge is 0.303 e. The molecule has 2 heterocycles. The van der Waals surface area contributed by atoms with Crippen LogP contribution in [0.25, 0.3) is 0 Å². The lowest BCUT2D eigenvalue weighted by atomic mass is 9.96. The van der Waals surface area contributed by atoms with E-state index in [9.17, 15) is 33.6 Å². The van der Waals surface area contributed by atoms with Crippen LogP contribution in [0.15, 0.2) is 0 Å². The van der Waals surface area contributed by atoms with Gasteiger partial charge in [-0.2, -0.15) is 0 Å². The summed E-state index contributed by atoms with van der Waals surface area (Å²) in [5.74, 6) is -5.66. The molecule has 2 fully saturated rings. The van der Waals surface area contributed by atoms with Crippen molar-refractivity contribution in [2.75, 3.05) is 25.2 Å². The molecule has 0 saturated carbocycles. The van der Waals surface area contributed by atoms with Crippen molar-refractivity contribution in [2.45, 2.75) is 174 Å². The van der Waals surface area contributed by atoms with Gasteiger partial charge in [-0.3, -0.25) is 33.6 Å². The third kappa shape index (κ3) is 18.8. The van der Waals surface area contributed by atoms with Crippen LogP contribution in [0.4, 0.5) is 0 Å². The summed E-state index contributed by atoms with van der Waals surface area (Å²) < 4.78 is 63.0. The molecular weight excluding hydrogens is 824 g/mol. The van der Waals surface area contributed by atoms with Crippen LogP contribution in [0, 0.1) is 0 Å². The first-order valence-electron chi connectivity index (χ1n) is 19.3. The maximum Gasteiger partial charge on any atom is 0.303 e. The number of rotatable bonds is 24. The Morgan fingerprint density at radius 1 is 0.421 bits per heavy atom. The second-order valence-electron chi connectivity index (χ2n) is 13.8. The lowest BCUT2D eigenvalue weighted by Crippen LogP contribution is -2.67. The first-order valence-corrected chi connectivity index (χ1v) is 20.4. The van der Waals surface area contributed by atoms with Crippen molar-refractivity contribution >= 4 is 57.7 Å². The molecule has 2 aliphatic rings. The van der Waals surface area contributed by atoms with Crippen molar-refractivity contribution in [1.82, 2.24) is 0 Å². The summed E-state index contributed by atoms with van der Waals surface area (Å²) in [6.45, 7) is 6.82. The fourth-order valence-electron chi connectivity index (χ4n) is 6.42. The van der Waals surface area contributed by atoms with Crippen LogP contribution in [0.2, 0.25) is 0 Å². The maximum absolute atomic E-state index is 12.6. The van der Waals surface area contributed by atoms with Crippen molar-refractivity contribution < 1.29 is 85.7 Å². The number of ether oxygens (including phenoxy) is 11. The van der Waals surface area contributed by atoms with Gasteiger partial charge in [0.05, 0.1) is 0 Å². The lowest BCUT2D eigenvalue weighted by Gasteiger charge is -2.48. The van der Waals surface area contributed by atoms with Crippen LogP contribution < -0.4 is 0 Å². The monoisotopic (exact) mass is 882 g/mol. The molecule has 2 aliphatic heterocycles. The van der Waals surface area contributed by atoms with Gasteiger partial charge in [-0.05, 0) is 12.8 Å². The molecule has 0 amide bonds. The molecule has 0 spiro atoms. The van der Waals surface area contributed by atoms with Crippen LogP contribution in [0.3, 0.4) is 0 Å². The SMILES string of the molecule is CC(=O)OC[C@H]1O[C@H](O[C@H]2[C@H](OC(C)=O)[C@@H](OC(C)=O)[C@H](OCCCCCCCCCCCCBr)O[C@@H]2COC(C)=O)[C@H](OC(C)=O)[C@@H](OC(C)=O)[C@@H]1OC(C)=O. The topological polar surface area (TPSA) is 221 Å². The van der Waals surface area contributed by atoms with Crippen molar-refractivity contribution in [3.05, 3.63) is 0 Å². The molecule has 2 saturated heterocycles. The zero-order valence-corrected chi connectivity index (χ0v) is 35.5. The van der Waals surface area contributed by atoms with Gasteiger partial charge < -0.3 is 52.1 Å². The minimum atomic E-state index is -1.76. The largest absolute Gasteiger partial charge is 0.463 e. The molecule has 0 bridgehead atoms. The highest BCUT2D eigenvalue weighted by atomic mass is 79.9. The van der Waals surface area contributed by atoms with Gasteiger partial charge in [0.2, 0.25) is 0 Å². The Morgan fingerprint density at radius 3 is 1.21 bits per heavy atom. The molecule has 0 aromatic heterocycles. The predicted octanol–water partition coefficient (Wildman–Crippen LogP) is 3.92. The van der Waals surface area contributed by atoms with Gasteiger partial charge in [0.25, 0.3) is 0 Å². The molecule has 19 heteroatoms. The van der Waals surface area contributed by atoms with E-state index >= 15 is 0 Å². The summed E-state index contributed by atoms with van der Waals surface area (Å²) in [5, 5.41) is 1.03. The second kappa shape index (κ2) is 26.6. The van der Waals surface area contributed by atoms with Gasteiger partial charge >= 0.3 is 41.8 Å². The lowest BCUT2D eigenvalue weighted by molar-refractivity contribution is -0.361. The van der Waals surface area contributed by atoms with E-state index in [2.05, 4.69) is 15.9 Å². The zero-order chi connectivity index (χ0) is 42.5. The molecule has 18 nitrogen and oxygen atoms in total. The maximum atomic E-state index is 12.6. The summed E-state index contributed by atoms with van der Waals surface area (Å²) in [6, 6.07) is 0. The zero-order valence-electron chi connectivity index (χ0n) is 33.9. The van der Waals surface area contributed by atoms with Crippen LogP contribution in [-0.2, 0) is 85.7 Å². The van der Waals surface area contributed by atoms with Crippen molar-refractivity contribution in [2.24, 2.45) is 0 Å². The summed E-state index contributed by atoms with van der Waals surface area (Å²) in [5.41, 5.74) is 0. The fraction of sp³-hybridized carbons (Fsp3) is 0.816. The Labute approximate surface area is 341 Å². The summed E-state index contributed by atoms with van der Waals surface area (Å²) >= 11 is 3.46. The Hall–Kier alpha value is -3.39.